The molecule has 3 nitrogen and oxygen atoms in total. The van der Waals surface area contributed by atoms with E-state index in [9.17, 15) is 5.11 Å². The van der Waals surface area contributed by atoms with Crippen molar-refractivity contribution in [3.63, 3.8) is 0 Å². The first kappa shape index (κ1) is 9.44. The minimum atomic E-state index is 0.309. The smallest absolute Gasteiger partial charge is 0.0599 e. The van der Waals surface area contributed by atoms with Crippen LogP contribution in [0, 0.1) is 0 Å². The lowest BCUT2D eigenvalue weighted by Gasteiger charge is -2.39. The van der Waals surface area contributed by atoms with Crippen LogP contribution in [0.2, 0.25) is 0 Å². The van der Waals surface area contributed by atoms with E-state index in [2.05, 4.69) is 10.2 Å². The number of hydrogen-bond acceptors (Lipinski definition) is 3. The molecule has 1 aliphatic carbocycles. The van der Waals surface area contributed by atoms with Gasteiger partial charge in [0.05, 0.1) is 6.61 Å². The lowest BCUT2D eigenvalue weighted by Crippen LogP contribution is -2.56. The molecule has 2 N–H and O–H groups in total. The predicted octanol–water partition coefficient (Wildman–Crippen LogP) is 0.195. The summed E-state index contributed by atoms with van der Waals surface area (Å²) in [6.45, 7) is 3.49. The van der Waals surface area contributed by atoms with Gasteiger partial charge in [-0.25, -0.2) is 0 Å². The lowest BCUT2D eigenvalue weighted by molar-refractivity contribution is 0.0648. The Kier molecular flexibility index (Phi) is 3.19. The van der Waals surface area contributed by atoms with Crippen LogP contribution in [0.5, 0.6) is 0 Å². The molecule has 0 aromatic heterocycles. The lowest BCUT2D eigenvalue weighted by atomic mass is 10.1. The fourth-order valence-corrected chi connectivity index (χ4v) is 2.66. The third-order valence-corrected chi connectivity index (χ3v) is 3.40. The summed E-state index contributed by atoms with van der Waals surface area (Å²) in [5, 5.41) is 12.6. The van der Waals surface area contributed by atoms with E-state index in [1.807, 2.05) is 0 Å². The average molecular weight is 184 g/mol. The molecule has 1 heterocycles. The Bertz CT molecular complexity index is 155. The summed E-state index contributed by atoms with van der Waals surface area (Å²) in [7, 11) is 0. The number of piperazine rings is 1. The van der Waals surface area contributed by atoms with Gasteiger partial charge in [-0.1, -0.05) is 12.8 Å². The topological polar surface area (TPSA) is 35.5 Å². The van der Waals surface area contributed by atoms with Crippen molar-refractivity contribution in [1.82, 2.24) is 10.2 Å². The third kappa shape index (κ3) is 2.03. The maximum absolute atomic E-state index is 9.24. The zero-order valence-corrected chi connectivity index (χ0v) is 8.21. The minimum absolute atomic E-state index is 0.309. The largest absolute Gasteiger partial charge is 0.395 e. The number of rotatable bonds is 2. The van der Waals surface area contributed by atoms with Gasteiger partial charge in [-0.05, 0) is 12.8 Å². The van der Waals surface area contributed by atoms with Gasteiger partial charge in [-0.2, -0.15) is 0 Å². The molecule has 3 heteroatoms. The van der Waals surface area contributed by atoms with Gasteiger partial charge >= 0.3 is 0 Å². The molecule has 13 heavy (non-hydrogen) atoms. The molecule has 0 amide bonds. The molecule has 2 rings (SSSR count). The van der Waals surface area contributed by atoms with Crippen molar-refractivity contribution in [2.24, 2.45) is 0 Å². The zero-order valence-electron chi connectivity index (χ0n) is 8.21. The van der Waals surface area contributed by atoms with Crippen LogP contribution in [-0.2, 0) is 0 Å². The van der Waals surface area contributed by atoms with E-state index in [0.717, 1.165) is 25.7 Å². The van der Waals surface area contributed by atoms with E-state index in [4.69, 9.17) is 0 Å². The summed E-state index contributed by atoms with van der Waals surface area (Å²) in [4.78, 5) is 2.52. The van der Waals surface area contributed by atoms with Crippen molar-refractivity contribution in [2.75, 3.05) is 26.2 Å². The first-order chi connectivity index (χ1) is 6.42. The molecule has 0 aromatic carbocycles. The van der Waals surface area contributed by atoms with Crippen LogP contribution in [0.25, 0.3) is 0 Å². The number of nitrogens with zero attached hydrogens (tertiary/aromatic N) is 1. The van der Waals surface area contributed by atoms with E-state index < -0.39 is 0 Å². The highest BCUT2D eigenvalue weighted by molar-refractivity contribution is 4.86. The Morgan fingerprint density at radius 2 is 2.08 bits per heavy atom. The van der Waals surface area contributed by atoms with E-state index in [1.165, 1.54) is 25.7 Å². The maximum atomic E-state index is 9.24. The molecule has 1 aliphatic heterocycles. The molecule has 1 unspecified atom stereocenters. The Balaban J connectivity index is 1.93. The van der Waals surface area contributed by atoms with Crippen LogP contribution in [0.1, 0.15) is 25.7 Å². The second-order valence-electron chi connectivity index (χ2n) is 4.22. The standard InChI is InChI=1S/C10H20N2O/c13-8-10-7-11-5-6-12(10)9-3-1-2-4-9/h9-11,13H,1-8H2. The van der Waals surface area contributed by atoms with Crippen molar-refractivity contribution < 1.29 is 5.11 Å². The summed E-state index contributed by atoms with van der Waals surface area (Å²) >= 11 is 0. The molecule has 0 spiro atoms. The van der Waals surface area contributed by atoms with Crippen molar-refractivity contribution in [3.05, 3.63) is 0 Å². The first-order valence-corrected chi connectivity index (χ1v) is 5.49. The van der Waals surface area contributed by atoms with Gasteiger partial charge in [0.2, 0.25) is 0 Å². The molecular weight excluding hydrogens is 164 g/mol. The molecule has 1 atom stereocenters. The molecule has 0 radical (unpaired) electrons. The van der Waals surface area contributed by atoms with Crippen LogP contribution in [0.3, 0.4) is 0 Å². The zero-order chi connectivity index (χ0) is 9.10. The second kappa shape index (κ2) is 4.40. The van der Waals surface area contributed by atoms with Crippen LogP contribution in [0.4, 0.5) is 0 Å². The number of aliphatic hydroxyl groups excluding tert-OH is 1. The quantitative estimate of drug-likeness (QED) is 0.643. The van der Waals surface area contributed by atoms with Crippen molar-refractivity contribution >= 4 is 0 Å². The minimum Gasteiger partial charge on any atom is -0.395 e. The maximum Gasteiger partial charge on any atom is 0.0599 e. The van der Waals surface area contributed by atoms with Gasteiger partial charge in [0.15, 0.2) is 0 Å². The van der Waals surface area contributed by atoms with Gasteiger partial charge < -0.3 is 10.4 Å². The molecule has 1 saturated heterocycles. The van der Waals surface area contributed by atoms with Crippen LogP contribution >= 0.6 is 0 Å². The predicted molar refractivity (Wildman–Crippen MR) is 52.7 cm³/mol. The molecule has 76 valence electrons. The van der Waals surface area contributed by atoms with Crippen LogP contribution < -0.4 is 5.32 Å². The number of hydrogen-bond donors (Lipinski definition) is 2. The number of nitrogens with one attached hydrogen (secondary N) is 1. The van der Waals surface area contributed by atoms with E-state index in [-0.39, 0.29) is 0 Å². The Morgan fingerprint density at radius 3 is 2.77 bits per heavy atom. The summed E-state index contributed by atoms with van der Waals surface area (Å²) in [5.74, 6) is 0. The van der Waals surface area contributed by atoms with Gasteiger partial charge in [0.1, 0.15) is 0 Å². The summed E-state index contributed by atoms with van der Waals surface area (Å²) < 4.78 is 0. The molecule has 0 aromatic rings. The molecule has 2 aliphatic rings. The first-order valence-electron chi connectivity index (χ1n) is 5.49. The fraction of sp³-hybridized carbons (Fsp3) is 1.00. The van der Waals surface area contributed by atoms with Crippen molar-refractivity contribution in [1.29, 1.82) is 0 Å². The summed E-state index contributed by atoms with van der Waals surface area (Å²) in [6.07, 6.45) is 5.45. The molecule has 0 bridgehead atoms. The molecular formula is C10H20N2O. The van der Waals surface area contributed by atoms with E-state index >= 15 is 0 Å². The highest BCUT2D eigenvalue weighted by Crippen LogP contribution is 2.25. The van der Waals surface area contributed by atoms with E-state index in [1.54, 1.807) is 0 Å². The third-order valence-electron chi connectivity index (χ3n) is 3.40. The second-order valence-corrected chi connectivity index (χ2v) is 4.22. The van der Waals surface area contributed by atoms with Gasteiger partial charge in [-0.3, -0.25) is 4.90 Å². The SMILES string of the molecule is OCC1CNCCN1C1CCCC1. The molecule has 2 fully saturated rings. The Hall–Kier alpha value is -0.120. The normalized spacial score (nSPS) is 32.5. The average Bonchev–Trinajstić information content (AvgIpc) is 2.70. The van der Waals surface area contributed by atoms with Crippen molar-refractivity contribution in [2.45, 2.75) is 37.8 Å². The van der Waals surface area contributed by atoms with Crippen LogP contribution in [0.15, 0.2) is 0 Å². The highest BCUT2D eigenvalue weighted by Gasteiger charge is 2.29. The van der Waals surface area contributed by atoms with E-state index in [0.29, 0.717) is 12.6 Å². The number of aliphatic hydroxyl groups is 1. The Labute approximate surface area is 80.1 Å². The van der Waals surface area contributed by atoms with Crippen LogP contribution in [-0.4, -0.2) is 48.3 Å². The van der Waals surface area contributed by atoms with Gasteiger partial charge in [0.25, 0.3) is 0 Å². The molecule has 1 saturated carbocycles. The van der Waals surface area contributed by atoms with Gasteiger partial charge in [0, 0.05) is 31.7 Å². The monoisotopic (exact) mass is 184 g/mol. The van der Waals surface area contributed by atoms with Gasteiger partial charge in [-0.15, -0.1) is 0 Å². The summed E-state index contributed by atoms with van der Waals surface area (Å²) in [6, 6.07) is 1.14. The highest BCUT2D eigenvalue weighted by atomic mass is 16.3. The fourth-order valence-electron chi connectivity index (χ4n) is 2.66. The summed E-state index contributed by atoms with van der Waals surface area (Å²) in [5.41, 5.74) is 0. The Morgan fingerprint density at radius 1 is 1.31 bits per heavy atom. The van der Waals surface area contributed by atoms with Crippen molar-refractivity contribution in [3.8, 4) is 0 Å².